The van der Waals surface area contributed by atoms with Gasteiger partial charge in [0, 0.05) is 18.4 Å². The SMILES string of the molecule is C[C@@H]1OCCN(C(=O)c2ccc(S(C)(=O)=O)cc2)[C@@H]1C(F)(F)F. The smallest absolute Gasteiger partial charge is 0.374 e. The highest BCUT2D eigenvalue weighted by molar-refractivity contribution is 7.90. The Morgan fingerprint density at radius 1 is 1.26 bits per heavy atom. The van der Waals surface area contributed by atoms with Crippen molar-refractivity contribution < 1.29 is 31.1 Å². The monoisotopic (exact) mass is 351 g/mol. The number of carbonyl (C=O) groups is 1. The van der Waals surface area contributed by atoms with E-state index in [0.29, 0.717) is 0 Å². The highest BCUT2D eigenvalue weighted by Gasteiger charge is 2.50. The van der Waals surface area contributed by atoms with Crippen LogP contribution < -0.4 is 0 Å². The second-order valence-corrected chi connectivity index (χ2v) is 7.37. The van der Waals surface area contributed by atoms with E-state index >= 15 is 0 Å². The predicted octanol–water partition coefficient (Wildman–Crippen LogP) is 1.88. The maximum absolute atomic E-state index is 13.2. The average Bonchev–Trinajstić information content (AvgIpc) is 2.44. The number of carbonyl (C=O) groups excluding carboxylic acids is 1. The second kappa shape index (κ2) is 6.12. The molecule has 5 nitrogen and oxygen atoms in total. The molecule has 1 aromatic carbocycles. The minimum Gasteiger partial charge on any atom is -0.374 e. The average molecular weight is 351 g/mol. The molecule has 0 radical (unpaired) electrons. The Hall–Kier alpha value is -1.61. The zero-order valence-corrected chi connectivity index (χ0v) is 13.3. The summed E-state index contributed by atoms with van der Waals surface area (Å²) in [6.45, 7) is 1.10. The van der Waals surface area contributed by atoms with Crippen molar-refractivity contribution in [2.45, 2.75) is 30.1 Å². The maximum atomic E-state index is 13.2. The van der Waals surface area contributed by atoms with Crippen molar-refractivity contribution in [2.75, 3.05) is 19.4 Å². The van der Waals surface area contributed by atoms with Crippen LogP contribution in [0.15, 0.2) is 29.2 Å². The lowest BCUT2D eigenvalue weighted by Gasteiger charge is -2.40. The molecule has 0 spiro atoms. The van der Waals surface area contributed by atoms with Gasteiger partial charge >= 0.3 is 6.18 Å². The minimum atomic E-state index is -4.61. The Morgan fingerprint density at radius 3 is 2.30 bits per heavy atom. The van der Waals surface area contributed by atoms with Crippen LogP contribution >= 0.6 is 0 Å². The quantitative estimate of drug-likeness (QED) is 0.816. The Labute approximate surface area is 132 Å². The van der Waals surface area contributed by atoms with Crippen molar-refractivity contribution in [1.29, 1.82) is 0 Å². The number of hydrogen-bond acceptors (Lipinski definition) is 4. The molecule has 0 bridgehead atoms. The lowest BCUT2D eigenvalue weighted by molar-refractivity contribution is -0.220. The topological polar surface area (TPSA) is 63.7 Å². The van der Waals surface area contributed by atoms with E-state index in [1.807, 2.05) is 0 Å². The number of sulfone groups is 1. The number of hydrogen-bond donors (Lipinski definition) is 0. The fraction of sp³-hybridized carbons (Fsp3) is 0.500. The number of amides is 1. The van der Waals surface area contributed by atoms with E-state index in [-0.39, 0.29) is 23.6 Å². The molecule has 9 heteroatoms. The van der Waals surface area contributed by atoms with E-state index in [1.165, 1.54) is 31.2 Å². The van der Waals surface area contributed by atoms with Crippen LogP contribution in [-0.4, -0.2) is 57.0 Å². The van der Waals surface area contributed by atoms with Crippen molar-refractivity contribution >= 4 is 15.7 Å². The second-order valence-electron chi connectivity index (χ2n) is 5.36. The number of ether oxygens (including phenoxy) is 1. The van der Waals surface area contributed by atoms with Gasteiger partial charge in [-0.3, -0.25) is 4.79 Å². The summed E-state index contributed by atoms with van der Waals surface area (Å²) in [6.07, 6.45) is -4.77. The first-order chi connectivity index (χ1) is 10.5. The molecule has 1 amide bonds. The van der Waals surface area contributed by atoms with Gasteiger partial charge in [0.25, 0.3) is 5.91 Å². The van der Waals surface area contributed by atoms with Crippen molar-refractivity contribution in [3.63, 3.8) is 0 Å². The fourth-order valence-electron chi connectivity index (χ4n) is 2.50. The molecule has 0 saturated carbocycles. The molecule has 0 unspecified atom stereocenters. The third-order valence-electron chi connectivity index (χ3n) is 3.62. The van der Waals surface area contributed by atoms with Gasteiger partial charge < -0.3 is 9.64 Å². The fourth-order valence-corrected chi connectivity index (χ4v) is 3.13. The first-order valence-electron chi connectivity index (χ1n) is 6.81. The lowest BCUT2D eigenvalue weighted by atomic mass is 10.1. The maximum Gasteiger partial charge on any atom is 0.411 e. The summed E-state index contributed by atoms with van der Waals surface area (Å²) in [5, 5.41) is 0. The Morgan fingerprint density at radius 2 is 1.83 bits per heavy atom. The highest BCUT2D eigenvalue weighted by Crippen LogP contribution is 2.31. The van der Waals surface area contributed by atoms with Crippen molar-refractivity contribution in [3.8, 4) is 0 Å². The Kier molecular flexibility index (Phi) is 4.72. The van der Waals surface area contributed by atoms with E-state index < -0.39 is 34.1 Å². The third-order valence-corrected chi connectivity index (χ3v) is 4.75. The van der Waals surface area contributed by atoms with Gasteiger partial charge in [-0.05, 0) is 31.2 Å². The molecule has 2 rings (SSSR count). The summed E-state index contributed by atoms with van der Waals surface area (Å²) in [7, 11) is -3.44. The Bertz CT molecular complexity index is 685. The molecule has 0 N–H and O–H groups in total. The van der Waals surface area contributed by atoms with Crippen LogP contribution in [-0.2, 0) is 14.6 Å². The summed E-state index contributed by atoms with van der Waals surface area (Å²) in [4.78, 5) is 13.1. The van der Waals surface area contributed by atoms with Gasteiger partial charge in [0.15, 0.2) is 15.9 Å². The van der Waals surface area contributed by atoms with Crippen LogP contribution in [0.3, 0.4) is 0 Å². The predicted molar refractivity (Wildman–Crippen MR) is 75.8 cm³/mol. The van der Waals surface area contributed by atoms with E-state index in [1.54, 1.807) is 0 Å². The number of benzene rings is 1. The van der Waals surface area contributed by atoms with E-state index in [9.17, 15) is 26.4 Å². The lowest BCUT2D eigenvalue weighted by Crippen LogP contribution is -2.59. The number of halogens is 3. The van der Waals surface area contributed by atoms with Gasteiger partial charge in [-0.25, -0.2) is 8.42 Å². The van der Waals surface area contributed by atoms with E-state index in [0.717, 1.165) is 11.2 Å². The van der Waals surface area contributed by atoms with Gasteiger partial charge in [-0.1, -0.05) is 0 Å². The summed E-state index contributed by atoms with van der Waals surface area (Å²) in [5.74, 6) is -0.803. The van der Waals surface area contributed by atoms with Crippen molar-refractivity contribution in [3.05, 3.63) is 29.8 Å². The molecule has 1 heterocycles. The number of alkyl halides is 3. The molecular formula is C14H16F3NO4S. The molecule has 1 aromatic rings. The minimum absolute atomic E-state index is 0.000694. The highest BCUT2D eigenvalue weighted by atomic mass is 32.2. The van der Waals surface area contributed by atoms with Crippen LogP contribution in [0.4, 0.5) is 13.2 Å². The summed E-state index contributed by atoms with van der Waals surface area (Å²) >= 11 is 0. The van der Waals surface area contributed by atoms with Gasteiger partial charge in [0.2, 0.25) is 0 Å². The standard InChI is InChI=1S/C14H16F3NO4S/c1-9-12(14(15,16)17)18(7-8-22-9)13(19)10-3-5-11(6-4-10)23(2,20)21/h3-6,9,12H,7-8H2,1-2H3/t9-,12-/m0/s1. The summed E-state index contributed by atoms with van der Waals surface area (Å²) in [5.41, 5.74) is 0.000694. The van der Waals surface area contributed by atoms with Gasteiger partial charge in [-0.15, -0.1) is 0 Å². The van der Waals surface area contributed by atoms with Crippen LogP contribution in [0.2, 0.25) is 0 Å². The largest absolute Gasteiger partial charge is 0.411 e. The molecule has 2 atom stereocenters. The molecule has 128 valence electrons. The summed E-state index contributed by atoms with van der Waals surface area (Å²) < 4.78 is 67.3. The Balaban J connectivity index is 2.31. The third kappa shape index (κ3) is 3.84. The van der Waals surface area contributed by atoms with Crippen molar-refractivity contribution in [1.82, 2.24) is 4.90 Å². The number of rotatable bonds is 2. The first-order valence-corrected chi connectivity index (χ1v) is 8.70. The molecule has 0 aromatic heterocycles. The van der Waals surface area contributed by atoms with E-state index in [2.05, 4.69) is 0 Å². The van der Waals surface area contributed by atoms with Gasteiger partial charge in [0.1, 0.15) is 0 Å². The van der Waals surface area contributed by atoms with Gasteiger partial charge in [0.05, 0.1) is 17.6 Å². The van der Waals surface area contributed by atoms with Crippen LogP contribution in [0, 0.1) is 0 Å². The normalized spacial score (nSPS) is 22.9. The molecule has 1 aliphatic rings. The molecule has 1 fully saturated rings. The number of morpholine rings is 1. The molecule has 23 heavy (non-hydrogen) atoms. The molecule has 1 saturated heterocycles. The zero-order chi connectivity index (χ0) is 17.4. The van der Waals surface area contributed by atoms with Crippen LogP contribution in [0.5, 0.6) is 0 Å². The van der Waals surface area contributed by atoms with Crippen molar-refractivity contribution in [2.24, 2.45) is 0 Å². The molecule has 0 aliphatic carbocycles. The van der Waals surface area contributed by atoms with Crippen LogP contribution in [0.1, 0.15) is 17.3 Å². The van der Waals surface area contributed by atoms with Gasteiger partial charge in [-0.2, -0.15) is 13.2 Å². The summed E-state index contributed by atoms with van der Waals surface area (Å²) in [6, 6.07) is 2.81. The van der Waals surface area contributed by atoms with E-state index in [4.69, 9.17) is 4.74 Å². The first kappa shape index (κ1) is 17.7. The number of nitrogens with zero attached hydrogens (tertiary/aromatic N) is 1. The molecular weight excluding hydrogens is 335 g/mol. The van der Waals surface area contributed by atoms with Crippen LogP contribution in [0.25, 0.3) is 0 Å². The zero-order valence-electron chi connectivity index (χ0n) is 12.5. The molecule has 1 aliphatic heterocycles.